The fraction of sp³-hybridized carbons (Fsp3) is 0.533. The molecule has 20 heavy (non-hydrogen) atoms. The van der Waals surface area contributed by atoms with Gasteiger partial charge in [-0.1, -0.05) is 13.8 Å². The van der Waals surface area contributed by atoms with E-state index in [0.29, 0.717) is 17.5 Å². The Morgan fingerprint density at radius 2 is 1.80 bits per heavy atom. The Morgan fingerprint density at radius 1 is 1.25 bits per heavy atom. The molecule has 2 rings (SSSR count). The second-order valence-corrected chi connectivity index (χ2v) is 6.17. The number of carbonyl (C=O) groups is 1. The van der Waals surface area contributed by atoms with E-state index in [9.17, 15) is 14.9 Å². The number of carbonyl (C=O) groups excluding carboxylic acids is 1. The number of ketones is 1. The number of hydrogen-bond acceptors (Lipinski definition) is 4. The van der Waals surface area contributed by atoms with Crippen molar-refractivity contribution in [3.05, 3.63) is 39.9 Å². The van der Waals surface area contributed by atoms with Crippen molar-refractivity contribution in [3.8, 4) is 0 Å². The van der Waals surface area contributed by atoms with Gasteiger partial charge in [0.05, 0.1) is 11.5 Å². The molecule has 0 aliphatic carbocycles. The van der Waals surface area contributed by atoms with E-state index < -0.39 is 4.92 Å². The molecule has 1 saturated heterocycles. The molecule has 1 heterocycles. The van der Waals surface area contributed by atoms with Gasteiger partial charge in [0.25, 0.3) is 5.69 Å². The van der Waals surface area contributed by atoms with E-state index in [1.54, 1.807) is 0 Å². The quantitative estimate of drug-likeness (QED) is 0.482. The van der Waals surface area contributed by atoms with E-state index in [-0.39, 0.29) is 11.5 Å². The monoisotopic (exact) mass is 276 g/mol. The minimum Gasteiger partial charge on any atom is -0.296 e. The van der Waals surface area contributed by atoms with Crippen LogP contribution in [0.5, 0.6) is 0 Å². The Morgan fingerprint density at radius 3 is 2.30 bits per heavy atom. The molecule has 1 aliphatic heterocycles. The highest BCUT2D eigenvalue weighted by atomic mass is 16.6. The predicted octanol–water partition coefficient (Wildman–Crippen LogP) is 2.90. The maximum absolute atomic E-state index is 12.1. The van der Waals surface area contributed by atoms with Crippen LogP contribution in [0.3, 0.4) is 0 Å². The molecule has 0 unspecified atom stereocenters. The zero-order valence-corrected chi connectivity index (χ0v) is 12.0. The maximum Gasteiger partial charge on any atom is 0.269 e. The Bertz CT molecular complexity index is 498. The summed E-state index contributed by atoms with van der Waals surface area (Å²) < 4.78 is 0. The van der Waals surface area contributed by atoms with Crippen LogP contribution in [0.4, 0.5) is 5.69 Å². The first-order chi connectivity index (χ1) is 9.37. The van der Waals surface area contributed by atoms with Gasteiger partial charge in [-0.15, -0.1) is 0 Å². The van der Waals surface area contributed by atoms with Gasteiger partial charge in [-0.25, -0.2) is 0 Å². The van der Waals surface area contributed by atoms with Gasteiger partial charge in [0, 0.05) is 17.7 Å². The number of benzene rings is 1. The van der Waals surface area contributed by atoms with Gasteiger partial charge in [0.15, 0.2) is 5.78 Å². The molecule has 108 valence electrons. The lowest BCUT2D eigenvalue weighted by Crippen LogP contribution is -2.40. The number of nitro groups is 1. The van der Waals surface area contributed by atoms with E-state index in [4.69, 9.17) is 0 Å². The van der Waals surface area contributed by atoms with E-state index in [0.717, 1.165) is 25.9 Å². The minimum absolute atomic E-state index is 0.0151. The molecule has 5 nitrogen and oxygen atoms in total. The van der Waals surface area contributed by atoms with Crippen LogP contribution in [0.2, 0.25) is 0 Å². The molecule has 5 heteroatoms. The van der Waals surface area contributed by atoms with Crippen molar-refractivity contribution in [2.45, 2.75) is 26.7 Å². The van der Waals surface area contributed by atoms with Crippen LogP contribution in [0, 0.1) is 15.5 Å². The van der Waals surface area contributed by atoms with Crippen molar-refractivity contribution in [2.75, 3.05) is 19.6 Å². The highest BCUT2D eigenvalue weighted by molar-refractivity contribution is 5.97. The first kappa shape index (κ1) is 14.7. The lowest BCUT2D eigenvalue weighted by atomic mass is 9.82. The number of Topliss-reactive ketones (excluding diaryl/α,β-unsaturated/α-hetero) is 1. The predicted molar refractivity (Wildman–Crippen MR) is 76.9 cm³/mol. The van der Waals surface area contributed by atoms with E-state index in [2.05, 4.69) is 18.7 Å². The van der Waals surface area contributed by atoms with Gasteiger partial charge in [-0.2, -0.15) is 0 Å². The molecule has 0 atom stereocenters. The van der Waals surface area contributed by atoms with Gasteiger partial charge < -0.3 is 0 Å². The van der Waals surface area contributed by atoms with Gasteiger partial charge >= 0.3 is 0 Å². The smallest absolute Gasteiger partial charge is 0.269 e. The van der Waals surface area contributed by atoms with Crippen LogP contribution < -0.4 is 0 Å². The number of likely N-dealkylation sites (tertiary alicyclic amines) is 1. The maximum atomic E-state index is 12.1. The second kappa shape index (κ2) is 5.71. The first-order valence-electron chi connectivity index (χ1n) is 6.87. The third kappa shape index (κ3) is 3.63. The van der Waals surface area contributed by atoms with Crippen LogP contribution in [-0.2, 0) is 0 Å². The molecule has 0 radical (unpaired) electrons. The third-order valence-electron chi connectivity index (χ3n) is 3.98. The molecule has 0 amide bonds. The Balaban J connectivity index is 1.93. The second-order valence-electron chi connectivity index (χ2n) is 6.17. The highest BCUT2D eigenvalue weighted by Gasteiger charge is 2.26. The number of nitrogens with zero attached hydrogens (tertiary/aromatic N) is 2. The lowest BCUT2D eigenvalue weighted by Gasteiger charge is -2.36. The molecule has 0 aromatic heterocycles. The van der Waals surface area contributed by atoms with Crippen molar-refractivity contribution in [3.63, 3.8) is 0 Å². The fourth-order valence-electron chi connectivity index (χ4n) is 2.38. The van der Waals surface area contributed by atoms with Crippen LogP contribution in [0.15, 0.2) is 24.3 Å². The summed E-state index contributed by atoms with van der Waals surface area (Å²) in [5, 5.41) is 10.6. The molecule has 1 aromatic rings. The summed E-state index contributed by atoms with van der Waals surface area (Å²) in [6, 6.07) is 5.84. The van der Waals surface area contributed by atoms with Crippen molar-refractivity contribution in [1.82, 2.24) is 4.90 Å². The van der Waals surface area contributed by atoms with Crippen LogP contribution >= 0.6 is 0 Å². The van der Waals surface area contributed by atoms with Crippen LogP contribution in [0.25, 0.3) is 0 Å². The summed E-state index contributed by atoms with van der Waals surface area (Å²) in [4.78, 5) is 24.4. The molecule has 0 saturated carbocycles. The molecular weight excluding hydrogens is 256 g/mol. The third-order valence-corrected chi connectivity index (χ3v) is 3.98. The summed E-state index contributed by atoms with van der Waals surface area (Å²) in [6.45, 7) is 6.77. The summed E-state index contributed by atoms with van der Waals surface area (Å²) in [5.74, 6) is 0.0274. The van der Waals surface area contributed by atoms with Gasteiger partial charge in [0.1, 0.15) is 0 Å². The largest absolute Gasteiger partial charge is 0.296 e. The van der Waals surface area contributed by atoms with Gasteiger partial charge in [-0.3, -0.25) is 19.8 Å². The minimum atomic E-state index is -0.457. The average molecular weight is 276 g/mol. The van der Waals surface area contributed by atoms with Gasteiger partial charge in [-0.05, 0) is 43.5 Å². The highest BCUT2D eigenvalue weighted by Crippen LogP contribution is 2.29. The molecular formula is C15H20N2O3. The standard InChI is InChI=1S/C15H20N2O3/c1-15(2)7-9-16(10-8-15)11-14(18)12-3-5-13(6-4-12)17(19)20/h3-6H,7-11H2,1-2H3. The molecule has 0 N–H and O–H groups in total. The van der Waals surface area contributed by atoms with Crippen molar-refractivity contribution < 1.29 is 9.72 Å². The van der Waals surface area contributed by atoms with E-state index >= 15 is 0 Å². The Labute approximate surface area is 118 Å². The molecule has 1 fully saturated rings. The summed E-state index contributed by atoms with van der Waals surface area (Å²) in [5.41, 5.74) is 0.925. The van der Waals surface area contributed by atoms with Gasteiger partial charge in [0.2, 0.25) is 0 Å². The van der Waals surface area contributed by atoms with E-state index in [1.807, 2.05) is 0 Å². The van der Waals surface area contributed by atoms with Crippen molar-refractivity contribution in [1.29, 1.82) is 0 Å². The number of nitro benzene ring substituents is 1. The molecule has 0 spiro atoms. The zero-order chi connectivity index (χ0) is 14.8. The fourth-order valence-corrected chi connectivity index (χ4v) is 2.38. The Hall–Kier alpha value is -1.75. The summed E-state index contributed by atoms with van der Waals surface area (Å²) >= 11 is 0. The summed E-state index contributed by atoms with van der Waals surface area (Å²) in [6.07, 6.45) is 2.20. The normalized spacial score (nSPS) is 18.7. The summed E-state index contributed by atoms with van der Waals surface area (Å²) in [7, 11) is 0. The number of rotatable bonds is 4. The zero-order valence-electron chi connectivity index (χ0n) is 12.0. The molecule has 1 aromatic carbocycles. The van der Waals surface area contributed by atoms with Crippen LogP contribution in [-0.4, -0.2) is 35.2 Å². The van der Waals surface area contributed by atoms with Crippen LogP contribution in [0.1, 0.15) is 37.0 Å². The van der Waals surface area contributed by atoms with Crippen molar-refractivity contribution in [2.24, 2.45) is 5.41 Å². The number of piperidine rings is 1. The number of hydrogen-bond donors (Lipinski definition) is 0. The molecule has 1 aliphatic rings. The topological polar surface area (TPSA) is 63.5 Å². The SMILES string of the molecule is CC1(C)CCN(CC(=O)c2ccc([N+](=O)[O-])cc2)CC1. The lowest BCUT2D eigenvalue weighted by molar-refractivity contribution is -0.384. The number of non-ortho nitro benzene ring substituents is 1. The van der Waals surface area contributed by atoms with Crippen molar-refractivity contribution >= 4 is 11.5 Å². The van der Waals surface area contributed by atoms with E-state index in [1.165, 1.54) is 24.3 Å². The molecule has 0 bridgehead atoms. The first-order valence-corrected chi connectivity index (χ1v) is 6.87. The average Bonchev–Trinajstić information content (AvgIpc) is 2.41. The Kier molecular flexibility index (Phi) is 4.18.